The van der Waals surface area contributed by atoms with Gasteiger partial charge in [0.1, 0.15) is 0 Å². The molecule has 0 radical (unpaired) electrons. The van der Waals surface area contributed by atoms with E-state index in [0.29, 0.717) is 13.0 Å². The number of carbonyl (C=O) groups excluding carboxylic acids is 1. The summed E-state index contributed by atoms with van der Waals surface area (Å²) < 4.78 is 0. The first-order valence-electron chi connectivity index (χ1n) is 7.64. The lowest BCUT2D eigenvalue weighted by Crippen LogP contribution is -2.24. The first kappa shape index (κ1) is 13.9. The average molecular weight is 279 g/mol. The Morgan fingerprint density at radius 3 is 2.76 bits per heavy atom. The molecule has 21 heavy (non-hydrogen) atoms. The molecular formula is C19H21NO. The van der Waals surface area contributed by atoms with Crippen molar-refractivity contribution in [3.05, 3.63) is 70.3 Å². The molecule has 1 amide bonds. The van der Waals surface area contributed by atoms with Gasteiger partial charge in [0, 0.05) is 6.54 Å². The van der Waals surface area contributed by atoms with Crippen molar-refractivity contribution in [2.75, 3.05) is 0 Å². The van der Waals surface area contributed by atoms with E-state index in [1.54, 1.807) is 0 Å². The van der Waals surface area contributed by atoms with Gasteiger partial charge in [-0.15, -0.1) is 0 Å². The Morgan fingerprint density at radius 2 is 1.90 bits per heavy atom. The first-order valence-corrected chi connectivity index (χ1v) is 7.64. The minimum Gasteiger partial charge on any atom is -0.352 e. The lowest BCUT2D eigenvalue weighted by molar-refractivity contribution is -0.120. The second-order valence-corrected chi connectivity index (χ2v) is 5.84. The van der Waals surface area contributed by atoms with E-state index in [0.717, 1.165) is 12.0 Å². The minimum atomic E-state index is 0.0937. The summed E-state index contributed by atoms with van der Waals surface area (Å²) in [4.78, 5) is 12.1. The van der Waals surface area contributed by atoms with Crippen molar-refractivity contribution in [3.63, 3.8) is 0 Å². The van der Waals surface area contributed by atoms with E-state index in [1.807, 2.05) is 12.1 Å². The van der Waals surface area contributed by atoms with Crippen LogP contribution >= 0.6 is 0 Å². The van der Waals surface area contributed by atoms with Crippen LogP contribution in [0.25, 0.3) is 0 Å². The second kappa shape index (κ2) is 6.13. The minimum absolute atomic E-state index is 0.0937. The standard InChI is InChI=1S/C19H21NO/c1-14-5-2-3-6-18(14)13-20-19(21)12-15-9-10-16-7-4-8-17(16)11-15/h2-3,5-6,9-11H,4,7-8,12-13H2,1H3,(H,20,21). The highest BCUT2D eigenvalue weighted by atomic mass is 16.1. The third-order valence-corrected chi connectivity index (χ3v) is 4.26. The van der Waals surface area contributed by atoms with Gasteiger partial charge in [0.15, 0.2) is 0 Å². The fraction of sp³-hybridized carbons (Fsp3) is 0.316. The van der Waals surface area contributed by atoms with E-state index < -0.39 is 0 Å². The number of rotatable bonds is 4. The zero-order valence-electron chi connectivity index (χ0n) is 12.5. The Labute approximate surface area is 126 Å². The van der Waals surface area contributed by atoms with Crippen molar-refractivity contribution in [1.29, 1.82) is 0 Å². The van der Waals surface area contributed by atoms with E-state index in [-0.39, 0.29) is 5.91 Å². The van der Waals surface area contributed by atoms with Crippen molar-refractivity contribution in [1.82, 2.24) is 5.32 Å². The molecule has 0 saturated heterocycles. The maximum Gasteiger partial charge on any atom is 0.224 e. The normalized spacial score (nSPS) is 13.0. The van der Waals surface area contributed by atoms with Gasteiger partial charge in [0.2, 0.25) is 5.91 Å². The first-order chi connectivity index (χ1) is 10.2. The molecule has 2 nitrogen and oxygen atoms in total. The Balaban J connectivity index is 1.58. The van der Waals surface area contributed by atoms with Crippen molar-refractivity contribution < 1.29 is 4.79 Å². The Morgan fingerprint density at radius 1 is 1.10 bits per heavy atom. The highest BCUT2D eigenvalue weighted by molar-refractivity contribution is 5.78. The number of amides is 1. The van der Waals surface area contributed by atoms with E-state index >= 15 is 0 Å². The Kier molecular flexibility index (Phi) is 4.05. The quantitative estimate of drug-likeness (QED) is 0.913. The summed E-state index contributed by atoms with van der Waals surface area (Å²) in [5.41, 5.74) is 6.41. The topological polar surface area (TPSA) is 29.1 Å². The highest BCUT2D eigenvalue weighted by Crippen LogP contribution is 2.22. The molecule has 0 saturated carbocycles. The van der Waals surface area contributed by atoms with Crippen LogP contribution < -0.4 is 5.32 Å². The predicted octanol–water partition coefficient (Wildman–Crippen LogP) is 3.34. The van der Waals surface area contributed by atoms with Crippen LogP contribution in [0.1, 0.15) is 34.2 Å². The average Bonchev–Trinajstić information content (AvgIpc) is 2.94. The van der Waals surface area contributed by atoms with Gasteiger partial charge >= 0.3 is 0 Å². The lowest BCUT2D eigenvalue weighted by atomic mass is 10.0. The number of hydrogen-bond acceptors (Lipinski definition) is 1. The van der Waals surface area contributed by atoms with Crippen LogP contribution in [0.5, 0.6) is 0 Å². The Hall–Kier alpha value is -2.09. The summed E-state index contributed by atoms with van der Waals surface area (Å²) >= 11 is 0. The van der Waals surface area contributed by atoms with E-state index in [4.69, 9.17) is 0 Å². The summed E-state index contributed by atoms with van der Waals surface area (Å²) in [6.07, 6.45) is 4.07. The number of fused-ring (bicyclic) bond motifs is 1. The molecular weight excluding hydrogens is 258 g/mol. The van der Waals surface area contributed by atoms with E-state index in [1.165, 1.54) is 35.1 Å². The maximum absolute atomic E-state index is 12.1. The number of hydrogen-bond donors (Lipinski definition) is 1. The predicted molar refractivity (Wildman–Crippen MR) is 85.2 cm³/mol. The highest BCUT2D eigenvalue weighted by Gasteiger charge is 2.12. The van der Waals surface area contributed by atoms with Gasteiger partial charge in [-0.1, -0.05) is 42.5 Å². The van der Waals surface area contributed by atoms with Gasteiger partial charge in [-0.3, -0.25) is 4.79 Å². The number of carbonyl (C=O) groups is 1. The van der Waals surface area contributed by atoms with Crippen LogP contribution in [0.2, 0.25) is 0 Å². The van der Waals surface area contributed by atoms with Gasteiger partial charge in [-0.05, 0) is 54.0 Å². The Bertz CT molecular complexity index is 660. The third kappa shape index (κ3) is 3.33. The molecule has 108 valence electrons. The summed E-state index contributed by atoms with van der Waals surface area (Å²) in [6.45, 7) is 2.68. The SMILES string of the molecule is Cc1ccccc1CNC(=O)Cc1ccc2c(c1)CCC2. The second-order valence-electron chi connectivity index (χ2n) is 5.84. The number of nitrogens with one attached hydrogen (secondary N) is 1. The molecule has 2 heteroatoms. The zero-order valence-corrected chi connectivity index (χ0v) is 12.5. The molecule has 0 heterocycles. The van der Waals surface area contributed by atoms with Crippen LogP contribution in [0.15, 0.2) is 42.5 Å². The van der Waals surface area contributed by atoms with E-state index in [2.05, 4.69) is 42.6 Å². The van der Waals surface area contributed by atoms with Gasteiger partial charge in [0.25, 0.3) is 0 Å². The van der Waals surface area contributed by atoms with Crippen molar-refractivity contribution in [2.45, 2.75) is 39.2 Å². The molecule has 0 aliphatic heterocycles. The number of aryl methyl sites for hydroxylation is 3. The van der Waals surface area contributed by atoms with Crippen LogP contribution in [0, 0.1) is 6.92 Å². The van der Waals surface area contributed by atoms with Crippen LogP contribution in [0.3, 0.4) is 0 Å². The number of benzene rings is 2. The molecule has 0 spiro atoms. The van der Waals surface area contributed by atoms with Gasteiger partial charge in [-0.2, -0.15) is 0 Å². The fourth-order valence-electron chi connectivity index (χ4n) is 2.99. The molecule has 0 atom stereocenters. The molecule has 3 rings (SSSR count). The summed E-state index contributed by atoms with van der Waals surface area (Å²) in [6, 6.07) is 14.6. The monoisotopic (exact) mass is 279 g/mol. The van der Waals surface area contributed by atoms with Crippen molar-refractivity contribution in [3.8, 4) is 0 Å². The van der Waals surface area contributed by atoms with Crippen molar-refractivity contribution >= 4 is 5.91 Å². The maximum atomic E-state index is 12.1. The molecule has 0 bridgehead atoms. The molecule has 2 aromatic rings. The molecule has 1 N–H and O–H groups in total. The van der Waals surface area contributed by atoms with E-state index in [9.17, 15) is 4.79 Å². The molecule has 1 aliphatic rings. The molecule has 0 aromatic heterocycles. The van der Waals surface area contributed by atoms with Crippen molar-refractivity contribution in [2.24, 2.45) is 0 Å². The summed E-state index contributed by atoms with van der Waals surface area (Å²) in [7, 11) is 0. The zero-order chi connectivity index (χ0) is 14.7. The molecule has 1 aliphatic carbocycles. The third-order valence-electron chi connectivity index (χ3n) is 4.26. The molecule has 0 unspecified atom stereocenters. The van der Waals surface area contributed by atoms with Gasteiger partial charge in [-0.25, -0.2) is 0 Å². The lowest BCUT2D eigenvalue weighted by Gasteiger charge is -2.09. The smallest absolute Gasteiger partial charge is 0.224 e. The molecule has 2 aromatic carbocycles. The van der Waals surface area contributed by atoms with Crippen LogP contribution in [-0.4, -0.2) is 5.91 Å². The van der Waals surface area contributed by atoms with Crippen LogP contribution in [0.4, 0.5) is 0 Å². The largest absolute Gasteiger partial charge is 0.352 e. The summed E-state index contributed by atoms with van der Waals surface area (Å²) in [5.74, 6) is 0.0937. The molecule has 0 fully saturated rings. The summed E-state index contributed by atoms with van der Waals surface area (Å²) in [5, 5.41) is 3.02. The van der Waals surface area contributed by atoms with Gasteiger partial charge in [0.05, 0.1) is 6.42 Å². The fourth-order valence-corrected chi connectivity index (χ4v) is 2.99. The van der Waals surface area contributed by atoms with Crippen LogP contribution in [-0.2, 0) is 30.6 Å². The van der Waals surface area contributed by atoms with Gasteiger partial charge < -0.3 is 5.32 Å².